The monoisotopic (exact) mass is 348 g/mol. The molecule has 1 aromatic carbocycles. The van der Waals surface area contributed by atoms with Crippen molar-refractivity contribution >= 4 is 16.1 Å². The zero-order valence-electron chi connectivity index (χ0n) is 13.6. The molecule has 2 rings (SSSR count). The van der Waals surface area contributed by atoms with Crippen LogP contribution in [-0.4, -0.2) is 38.4 Å². The van der Waals surface area contributed by atoms with E-state index in [1.807, 2.05) is 12.1 Å². The minimum atomic E-state index is -3.44. The predicted octanol–water partition coefficient (Wildman–Crippen LogP) is 1.33. The molecule has 2 N–H and O–H groups in total. The van der Waals surface area contributed by atoms with Gasteiger partial charge >= 0.3 is 6.03 Å². The van der Waals surface area contributed by atoms with Crippen LogP contribution in [0.4, 0.5) is 4.79 Å². The molecular formula is C16H20N4O3S. The fourth-order valence-corrected chi connectivity index (χ4v) is 2.78. The van der Waals surface area contributed by atoms with Gasteiger partial charge in [0.15, 0.2) is 0 Å². The van der Waals surface area contributed by atoms with Crippen LogP contribution in [0.2, 0.25) is 0 Å². The molecule has 0 aliphatic carbocycles. The molecule has 0 atom stereocenters. The van der Waals surface area contributed by atoms with E-state index < -0.39 is 10.0 Å². The number of hydrogen-bond acceptors (Lipinski definition) is 4. The minimum absolute atomic E-state index is 0.190. The highest BCUT2D eigenvalue weighted by molar-refractivity contribution is 7.89. The summed E-state index contributed by atoms with van der Waals surface area (Å²) in [4.78, 5) is 17.8. The van der Waals surface area contributed by atoms with Gasteiger partial charge in [-0.25, -0.2) is 17.9 Å². The maximum Gasteiger partial charge on any atom is 0.317 e. The van der Waals surface area contributed by atoms with E-state index in [1.165, 1.54) is 19.2 Å². The number of nitrogens with zero attached hydrogens (tertiary/aromatic N) is 2. The summed E-state index contributed by atoms with van der Waals surface area (Å²) in [5, 5.41) is 2.80. The number of hydrogen-bond donors (Lipinski definition) is 2. The second-order valence-electron chi connectivity index (χ2n) is 5.22. The van der Waals surface area contributed by atoms with Crippen LogP contribution in [0.25, 0.3) is 0 Å². The van der Waals surface area contributed by atoms with Gasteiger partial charge in [-0.15, -0.1) is 0 Å². The number of urea groups is 1. The molecule has 24 heavy (non-hydrogen) atoms. The minimum Gasteiger partial charge on any atom is -0.334 e. The Morgan fingerprint density at radius 2 is 1.71 bits per heavy atom. The van der Waals surface area contributed by atoms with Gasteiger partial charge in [0.2, 0.25) is 10.0 Å². The number of amides is 2. The van der Waals surface area contributed by atoms with E-state index >= 15 is 0 Å². The first kappa shape index (κ1) is 17.9. The Morgan fingerprint density at radius 1 is 1.08 bits per heavy atom. The number of benzene rings is 1. The molecule has 0 spiro atoms. The second-order valence-corrected chi connectivity index (χ2v) is 7.11. The molecule has 0 aliphatic rings. The van der Waals surface area contributed by atoms with Gasteiger partial charge in [-0.05, 0) is 42.4 Å². The third-order valence-electron chi connectivity index (χ3n) is 3.46. The van der Waals surface area contributed by atoms with Crippen molar-refractivity contribution in [2.75, 3.05) is 14.1 Å². The molecule has 0 saturated carbocycles. The summed E-state index contributed by atoms with van der Waals surface area (Å²) in [6, 6.07) is 9.86. The first-order valence-corrected chi connectivity index (χ1v) is 8.81. The van der Waals surface area contributed by atoms with Gasteiger partial charge in [0.1, 0.15) is 0 Å². The van der Waals surface area contributed by atoms with Crippen molar-refractivity contribution in [2.45, 2.75) is 18.0 Å². The number of nitrogens with one attached hydrogen (secondary N) is 2. The molecule has 128 valence electrons. The number of sulfonamides is 1. The van der Waals surface area contributed by atoms with Gasteiger partial charge in [0, 0.05) is 32.5 Å². The summed E-state index contributed by atoms with van der Waals surface area (Å²) in [6.07, 6.45) is 3.36. The normalized spacial score (nSPS) is 11.1. The summed E-state index contributed by atoms with van der Waals surface area (Å²) in [5.74, 6) is 0. The Balaban J connectivity index is 1.89. The van der Waals surface area contributed by atoms with E-state index in [0.29, 0.717) is 13.1 Å². The fraction of sp³-hybridized carbons (Fsp3) is 0.250. The zero-order valence-corrected chi connectivity index (χ0v) is 14.4. The molecule has 0 fully saturated rings. The van der Waals surface area contributed by atoms with Crippen LogP contribution in [0, 0.1) is 0 Å². The quantitative estimate of drug-likeness (QED) is 0.824. The smallest absolute Gasteiger partial charge is 0.317 e. The van der Waals surface area contributed by atoms with E-state index in [2.05, 4.69) is 15.0 Å². The lowest BCUT2D eigenvalue weighted by molar-refractivity contribution is 0.206. The molecule has 0 unspecified atom stereocenters. The van der Waals surface area contributed by atoms with E-state index in [0.717, 1.165) is 11.1 Å². The molecule has 7 nitrogen and oxygen atoms in total. The SMILES string of the molecule is CNS(=O)(=O)c1ccc(CNC(=O)N(C)Cc2ccncc2)cc1. The summed E-state index contributed by atoms with van der Waals surface area (Å²) < 4.78 is 25.6. The average Bonchev–Trinajstić information content (AvgIpc) is 2.60. The molecule has 0 saturated heterocycles. The van der Waals surface area contributed by atoms with Crippen molar-refractivity contribution in [1.82, 2.24) is 19.9 Å². The van der Waals surface area contributed by atoms with Crippen LogP contribution < -0.4 is 10.0 Å². The molecular weight excluding hydrogens is 328 g/mol. The van der Waals surface area contributed by atoms with Crippen LogP contribution in [0.15, 0.2) is 53.7 Å². The standard InChI is InChI=1S/C16H20N4O3S/c1-17-24(22,23)15-5-3-13(4-6-15)11-19-16(21)20(2)12-14-7-9-18-10-8-14/h3-10,17H,11-12H2,1-2H3,(H,19,21). The van der Waals surface area contributed by atoms with Crippen molar-refractivity contribution in [1.29, 1.82) is 0 Å². The predicted molar refractivity (Wildman–Crippen MR) is 90.6 cm³/mol. The topological polar surface area (TPSA) is 91.4 Å². The van der Waals surface area contributed by atoms with Gasteiger partial charge in [0.25, 0.3) is 0 Å². The summed E-state index contributed by atoms with van der Waals surface area (Å²) >= 11 is 0. The van der Waals surface area contributed by atoms with Gasteiger partial charge in [-0.3, -0.25) is 4.98 Å². The van der Waals surface area contributed by atoms with Crippen LogP contribution >= 0.6 is 0 Å². The molecule has 2 aromatic rings. The maximum atomic E-state index is 12.1. The van der Waals surface area contributed by atoms with Crippen LogP contribution in [0.1, 0.15) is 11.1 Å². The second kappa shape index (κ2) is 7.89. The molecule has 8 heteroatoms. The van der Waals surface area contributed by atoms with Crippen molar-refractivity contribution < 1.29 is 13.2 Å². The highest BCUT2D eigenvalue weighted by Crippen LogP contribution is 2.10. The van der Waals surface area contributed by atoms with Gasteiger partial charge in [-0.2, -0.15) is 0 Å². The van der Waals surface area contributed by atoms with E-state index in [1.54, 1.807) is 36.5 Å². The van der Waals surface area contributed by atoms with Crippen molar-refractivity contribution in [3.63, 3.8) is 0 Å². The Labute approximate surface area is 141 Å². The Hall–Kier alpha value is -2.45. The molecule has 2 amide bonds. The summed E-state index contributed by atoms with van der Waals surface area (Å²) in [5.41, 5.74) is 1.81. The first-order valence-electron chi connectivity index (χ1n) is 7.33. The summed E-state index contributed by atoms with van der Waals surface area (Å²) in [6.45, 7) is 0.799. The number of pyridine rings is 1. The lowest BCUT2D eigenvalue weighted by Crippen LogP contribution is -2.36. The highest BCUT2D eigenvalue weighted by Gasteiger charge is 2.11. The number of carbonyl (C=O) groups is 1. The van der Waals surface area contributed by atoms with Crippen LogP contribution in [-0.2, 0) is 23.1 Å². The highest BCUT2D eigenvalue weighted by atomic mass is 32.2. The van der Waals surface area contributed by atoms with E-state index in [9.17, 15) is 13.2 Å². The fourth-order valence-electron chi connectivity index (χ4n) is 2.05. The number of carbonyl (C=O) groups excluding carboxylic acids is 1. The Bertz CT molecular complexity index is 777. The first-order chi connectivity index (χ1) is 11.4. The number of rotatable bonds is 6. The number of aromatic nitrogens is 1. The molecule has 0 radical (unpaired) electrons. The Morgan fingerprint density at radius 3 is 2.29 bits per heavy atom. The zero-order chi connectivity index (χ0) is 17.6. The van der Waals surface area contributed by atoms with Crippen molar-refractivity contribution in [3.8, 4) is 0 Å². The third-order valence-corrected chi connectivity index (χ3v) is 4.89. The van der Waals surface area contributed by atoms with E-state index in [4.69, 9.17) is 0 Å². The maximum absolute atomic E-state index is 12.1. The average molecular weight is 348 g/mol. The largest absolute Gasteiger partial charge is 0.334 e. The lowest BCUT2D eigenvalue weighted by atomic mass is 10.2. The molecule has 0 aliphatic heterocycles. The van der Waals surface area contributed by atoms with Crippen LogP contribution in [0.5, 0.6) is 0 Å². The molecule has 1 aromatic heterocycles. The van der Waals surface area contributed by atoms with Gasteiger partial charge in [0.05, 0.1) is 4.90 Å². The van der Waals surface area contributed by atoms with E-state index in [-0.39, 0.29) is 10.9 Å². The van der Waals surface area contributed by atoms with Gasteiger partial charge in [-0.1, -0.05) is 12.1 Å². The van der Waals surface area contributed by atoms with Gasteiger partial charge < -0.3 is 10.2 Å². The lowest BCUT2D eigenvalue weighted by Gasteiger charge is -2.18. The third kappa shape index (κ3) is 4.77. The Kier molecular flexibility index (Phi) is 5.88. The van der Waals surface area contributed by atoms with Crippen LogP contribution in [0.3, 0.4) is 0 Å². The molecule has 1 heterocycles. The van der Waals surface area contributed by atoms with Crippen molar-refractivity contribution in [3.05, 3.63) is 59.9 Å². The van der Waals surface area contributed by atoms with Crippen molar-refractivity contribution in [2.24, 2.45) is 0 Å². The molecule has 0 bridgehead atoms. The summed E-state index contributed by atoms with van der Waals surface area (Å²) in [7, 11) is -0.375.